The zero-order chi connectivity index (χ0) is 15.2. The lowest BCUT2D eigenvalue weighted by atomic mass is 10.2. The highest BCUT2D eigenvalue weighted by molar-refractivity contribution is 8.01. The lowest BCUT2D eigenvalue weighted by Crippen LogP contribution is -2.48. The first-order valence-corrected chi connectivity index (χ1v) is 8.37. The first kappa shape index (κ1) is 15.0. The molecule has 0 unspecified atom stereocenters. The molecule has 1 aromatic rings. The number of nitrogens with zero attached hydrogens (tertiary/aromatic N) is 1. The molecular weight excluding hydrogens is 331 g/mol. The van der Waals surface area contributed by atoms with Gasteiger partial charge in [0.1, 0.15) is 6.04 Å². The maximum absolute atomic E-state index is 12.4. The lowest BCUT2D eigenvalue weighted by molar-refractivity contribution is -0.135. The summed E-state index contributed by atoms with van der Waals surface area (Å²) >= 11 is 13.5. The van der Waals surface area contributed by atoms with Crippen LogP contribution in [0.5, 0.6) is 0 Å². The Hall–Kier alpha value is -0.910. The molecule has 2 amide bonds. The van der Waals surface area contributed by atoms with Crippen LogP contribution in [0.1, 0.15) is 19.8 Å². The van der Waals surface area contributed by atoms with Crippen molar-refractivity contribution in [2.24, 2.45) is 0 Å². The zero-order valence-electron chi connectivity index (χ0n) is 11.4. The highest BCUT2D eigenvalue weighted by Crippen LogP contribution is 2.47. The fourth-order valence-corrected chi connectivity index (χ4v) is 4.54. The van der Waals surface area contributed by atoms with E-state index >= 15 is 0 Å². The highest BCUT2D eigenvalue weighted by atomic mass is 35.5. The predicted molar refractivity (Wildman–Crippen MR) is 85.8 cm³/mol. The van der Waals surface area contributed by atoms with Gasteiger partial charge >= 0.3 is 0 Å². The highest BCUT2D eigenvalue weighted by Gasteiger charge is 2.52. The normalized spacial score (nSPS) is 27.9. The van der Waals surface area contributed by atoms with Gasteiger partial charge in [-0.2, -0.15) is 0 Å². The predicted octanol–water partition coefficient (Wildman–Crippen LogP) is 3.39. The number of hydrogen-bond donors (Lipinski definition) is 1. The van der Waals surface area contributed by atoms with Crippen molar-refractivity contribution in [1.82, 2.24) is 4.90 Å². The number of halogens is 2. The second-order valence-corrected chi connectivity index (χ2v) is 7.70. The molecule has 3 rings (SSSR count). The number of amides is 2. The monoisotopic (exact) mass is 344 g/mol. The summed E-state index contributed by atoms with van der Waals surface area (Å²) in [4.78, 5) is 26.0. The van der Waals surface area contributed by atoms with Gasteiger partial charge in [-0.1, -0.05) is 23.2 Å². The summed E-state index contributed by atoms with van der Waals surface area (Å²) in [5.74, 6) is 0.492. The molecule has 1 aromatic carbocycles. The maximum Gasteiger partial charge on any atom is 0.248 e. The minimum Gasteiger partial charge on any atom is -0.324 e. The van der Waals surface area contributed by atoms with E-state index in [1.807, 2.05) is 6.92 Å². The minimum atomic E-state index is -0.426. The Morgan fingerprint density at radius 1 is 1.43 bits per heavy atom. The number of benzene rings is 1. The second kappa shape index (κ2) is 5.38. The second-order valence-electron chi connectivity index (χ2n) is 5.38. The molecule has 2 aliphatic rings. The van der Waals surface area contributed by atoms with Crippen LogP contribution in [0, 0.1) is 0 Å². The van der Waals surface area contributed by atoms with Crippen molar-refractivity contribution >= 4 is 52.5 Å². The maximum atomic E-state index is 12.4. The SMILES string of the molecule is C[C@]12CCC(=O)N1[C@H](C(=O)Nc1ccc(Cl)c(Cl)c1)CS2. The summed E-state index contributed by atoms with van der Waals surface area (Å²) in [5, 5.41) is 3.64. The third-order valence-electron chi connectivity index (χ3n) is 3.93. The van der Waals surface area contributed by atoms with E-state index in [0.29, 0.717) is 27.9 Å². The molecule has 112 valence electrons. The molecular formula is C14H14Cl2N2O2S. The van der Waals surface area contributed by atoms with E-state index in [4.69, 9.17) is 23.2 Å². The fourth-order valence-electron chi connectivity index (χ4n) is 2.81. The van der Waals surface area contributed by atoms with Gasteiger partial charge in [-0.05, 0) is 31.5 Å². The van der Waals surface area contributed by atoms with E-state index < -0.39 is 6.04 Å². The van der Waals surface area contributed by atoms with Crippen molar-refractivity contribution in [2.75, 3.05) is 11.1 Å². The Bertz CT molecular complexity index is 625. The number of nitrogens with one attached hydrogen (secondary N) is 1. The zero-order valence-corrected chi connectivity index (χ0v) is 13.7. The molecule has 0 spiro atoms. The first-order chi connectivity index (χ1) is 9.90. The standard InChI is InChI=1S/C14H14Cl2N2O2S/c1-14-5-4-12(19)18(14)11(7-21-14)13(20)17-8-2-3-9(15)10(16)6-8/h2-3,6,11H,4-5,7H2,1H3,(H,17,20)/t11-,14-/m0/s1. The van der Waals surface area contributed by atoms with Crippen LogP contribution in [0.25, 0.3) is 0 Å². The minimum absolute atomic E-state index is 0.0526. The number of fused-ring (bicyclic) bond motifs is 1. The van der Waals surface area contributed by atoms with E-state index in [-0.39, 0.29) is 16.7 Å². The Kier molecular flexibility index (Phi) is 3.84. The van der Waals surface area contributed by atoms with Crippen molar-refractivity contribution in [2.45, 2.75) is 30.7 Å². The largest absolute Gasteiger partial charge is 0.324 e. The molecule has 2 fully saturated rings. The van der Waals surface area contributed by atoms with Gasteiger partial charge in [0.2, 0.25) is 11.8 Å². The number of rotatable bonds is 2. The van der Waals surface area contributed by atoms with Gasteiger partial charge in [-0.25, -0.2) is 0 Å². The smallest absolute Gasteiger partial charge is 0.248 e. The summed E-state index contributed by atoms with van der Waals surface area (Å²) in [5.41, 5.74) is 0.583. The molecule has 0 bridgehead atoms. The molecule has 21 heavy (non-hydrogen) atoms. The van der Waals surface area contributed by atoms with Gasteiger partial charge in [0.25, 0.3) is 0 Å². The molecule has 4 nitrogen and oxygen atoms in total. The molecule has 0 aliphatic carbocycles. The number of thioether (sulfide) groups is 1. The fraction of sp³-hybridized carbons (Fsp3) is 0.429. The van der Waals surface area contributed by atoms with Crippen LogP contribution in [0.4, 0.5) is 5.69 Å². The average Bonchev–Trinajstić information content (AvgIpc) is 2.91. The molecule has 7 heteroatoms. The van der Waals surface area contributed by atoms with Gasteiger partial charge in [-0.15, -0.1) is 11.8 Å². The van der Waals surface area contributed by atoms with Crippen LogP contribution < -0.4 is 5.32 Å². The summed E-state index contributed by atoms with van der Waals surface area (Å²) in [6.07, 6.45) is 1.31. The summed E-state index contributed by atoms with van der Waals surface area (Å²) in [7, 11) is 0. The van der Waals surface area contributed by atoms with Gasteiger partial charge in [0, 0.05) is 17.9 Å². The molecule has 2 atom stereocenters. The number of hydrogen-bond acceptors (Lipinski definition) is 3. The number of carbonyl (C=O) groups excluding carboxylic acids is 2. The van der Waals surface area contributed by atoms with Crippen molar-refractivity contribution < 1.29 is 9.59 Å². The summed E-state index contributed by atoms with van der Waals surface area (Å²) < 4.78 is 0. The topological polar surface area (TPSA) is 49.4 Å². The first-order valence-electron chi connectivity index (χ1n) is 6.63. The molecule has 2 heterocycles. The third kappa shape index (κ3) is 2.62. The Labute approximate surface area is 137 Å². The van der Waals surface area contributed by atoms with E-state index in [0.717, 1.165) is 6.42 Å². The van der Waals surface area contributed by atoms with Crippen LogP contribution in [0.15, 0.2) is 18.2 Å². The molecule has 2 aliphatic heterocycles. The molecule has 1 N–H and O–H groups in total. The lowest BCUT2D eigenvalue weighted by Gasteiger charge is -2.29. The van der Waals surface area contributed by atoms with Crippen molar-refractivity contribution in [1.29, 1.82) is 0 Å². The van der Waals surface area contributed by atoms with Crippen molar-refractivity contribution in [3.8, 4) is 0 Å². The quantitative estimate of drug-likeness (QED) is 0.894. The van der Waals surface area contributed by atoms with E-state index in [1.54, 1.807) is 34.9 Å². The Morgan fingerprint density at radius 3 is 2.90 bits per heavy atom. The van der Waals surface area contributed by atoms with Crippen LogP contribution >= 0.6 is 35.0 Å². The van der Waals surface area contributed by atoms with E-state index in [2.05, 4.69) is 5.32 Å². The average molecular weight is 345 g/mol. The summed E-state index contributed by atoms with van der Waals surface area (Å²) in [6, 6.07) is 4.51. The van der Waals surface area contributed by atoms with Gasteiger partial charge in [-0.3, -0.25) is 9.59 Å². The molecule has 0 radical (unpaired) electrons. The van der Waals surface area contributed by atoms with Crippen LogP contribution in [-0.2, 0) is 9.59 Å². The van der Waals surface area contributed by atoms with Crippen molar-refractivity contribution in [3.05, 3.63) is 28.2 Å². The number of anilines is 1. The van der Waals surface area contributed by atoms with Crippen LogP contribution in [-0.4, -0.2) is 33.4 Å². The molecule has 0 aromatic heterocycles. The van der Waals surface area contributed by atoms with Crippen LogP contribution in [0.2, 0.25) is 10.0 Å². The van der Waals surface area contributed by atoms with Gasteiger partial charge in [0.05, 0.1) is 14.9 Å². The Balaban J connectivity index is 1.77. The van der Waals surface area contributed by atoms with E-state index in [9.17, 15) is 9.59 Å². The van der Waals surface area contributed by atoms with Crippen molar-refractivity contribution in [3.63, 3.8) is 0 Å². The molecule has 2 saturated heterocycles. The number of carbonyl (C=O) groups is 2. The third-order valence-corrected chi connectivity index (χ3v) is 6.18. The van der Waals surface area contributed by atoms with E-state index in [1.165, 1.54) is 0 Å². The van der Waals surface area contributed by atoms with Gasteiger partial charge in [0.15, 0.2) is 0 Å². The van der Waals surface area contributed by atoms with Crippen LogP contribution in [0.3, 0.4) is 0 Å². The summed E-state index contributed by atoms with van der Waals surface area (Å²) in [6.45, 7) is 2.02. The molecule has 0 saturated carbocycles. The Morgan fingerprint density at radius 2 is 2.19 bits per heavy atom. The van der Waals surface area contributed by atoms with Gasteiger partial charge < -0.3 is 10.2 Å².